The zero-order valence-electron chi connectivity index (χ0n) is 15.6. The van der Waals surface area contributed by atoms with Gasteiger partial charge in [0.1, 0.15) is 10.6 Å². The molecule has 0 bridgehead atoms. The van der Waals surface area contributed by atoms with Gasteiger partial charge in [0.2, 0.25) is 5.91 Å². The number of thiazole rings is 1. The number of ether oxygens (including phenoxy) is 1. The fourth-order valence-corrected chi connectivity index (χ4v) is 4.91. The molecule has 0 saturated heterocycles. The maximum atomic E-state index is 12.7. The van der Waals surface area contributed by atoms with Gasteiger partial charge in [-0.3, -0.25) is 9.52 Å². The maximum Gasteiger partial charge on any atom is 0.267 e. The molecule has 1 aromatic heterocycles. The molecule has 2 N–H and O–H groups in total. The summed E-state index contributed by atoms with van der Waals surface area (Å²) in [6.07, 6.45) is 0. The minimum Gasteiger partial charge on any atom is -0.495 e. The second kappa shape index (κ2) is 8.81. The molecule has 0 radical (unpaired) electrons. The summed E-state index contributed by atoms with van der Waals surface area (Å²) in [5.41, 5.74) is 2.42. The Kier molecular flexibility index (Phi) is 6.41. The van der Waals surface area contributed by atoms with E-state index in [2.05, 4.69) is 15.0 Å². The third kappa shape index (κ3) is 5.26. The highest BCUT2D eigenvalue weighted by Gasteiger charge is 2.21. The third-order valence-electron chi connectivity index (χ3n) is 3.93. The highest BCUT2D eigenvalue weighted by Crippen LogP contribution is 2.31. The average molecular weight is 452 g/mol. The van der Waals surface area contributed by atoms with Crippen LogP contribution in [0, 0.1) is 0 Å². The van der Waals surface area contributed by atoms with Gasteiger partial charge in [-0.25, -0.2) is 13.4 Å². The van der Waals surface area contributed by atoms with Gasteiger partial charge in [-0.2, -0.15) is 0 Å². The van der Waals surface area contributed by atoms with Crippen LogP contribution in [-0.2, 0) is 21.4 Å². The lowest BCUT2D eigenvalue weighted by Gasteiger charge is -2.10. The predicted octanol–water partition coefficient (Wildman–Crippen LogP) is 3.91. The van der Waals surface area contributed by atoms with E-state index in [0.717, 1.165) is 11.1 Å². The summed E-state index contributed by atoms with van der Waals surface area (Å²) < 4.78 is 33.1. The van der Waals surface area contributed by atoms with Crippen LogP contribution in [0.1, 0.15) is 12.5 Å². The van der Waals surface area contributed by atoms with E-state index >= 15 is 0 Å². The van der Waals surface area contributed by atoms with Crippen molar-refractivity contribution in [1.82, 2.24) is 10.3 Å². The number of rotatable bonds is 7. The molecule has 0 unspecified atom stereocenters. The Morgan fingerprint density at radius 2 is 1.93 bits per heavy atom. The number of carbonyl (C=O) groups excluding carboxylic acids is 1. The second-order valence-electron chi connectivity index (χ2n) is 6.05. The quantitative estimate of drug-likeness (QED) is 0.567. The fourth-order valence-electron chi connectivity index (χ4n) is 2.50. The Bertz CT molecular complexity index is 1130. The molecule has 1 heterocycles. The van der Waals surface area contributed by atoms with Crippen LogP contribution in [0.4, 0.5) is 5.13 Å². The Labute approximate surface area is 177 Å². The van der Waals surface area contributed by atoms with Crippen molar-refractivity contribution in [1.29, 1.82) is 0 Å². The Morgan fingerprint density at radius 1 is 1.21 bits per heavy atom. The first-order valence-corrected chi connectivity index (χ1v) is 11.2. The van der Waals surface area contributed by atoms with E-state index < -0.39 is 10.0 Å². The van der Waals surface area contributed by atoms with E-state index in [-0.39, 0.29) is 26.7 Å². The van der Waals surface area contributed by atoms with Gasteiger partial charge in [-0.1, -0.05) is 35.9 Å². The number of halogens is 1. The number of benzene rings is 2. The molecule has 0 aliphatic rings. The minimum atomic E-state index is -3.92. The highest BCUT2D eigenvalue weighted by molar-refractivity contribution is 7.93. The number of nitrogens with zero attached hydrogens (tertiary/aromatic N) is 1. The lowest BCUT2D eigenvalue weighted by Crippen LogP contribution is -2.18. The monoisotopic (exact) mass is 451 g/mol. The van der Waals surface area contributed by atoms with E-state index in [0.29, 0.717) is 12.2 Å². The second-order valence-corrected chi connectivity index (χ2v) is 8.99. The summed E-state index contributed by atoms with van der Waals surface area (Å²) in [6, 6.07) is 11.9. The predicted molar refractivity (Wildman–Crippen MR) is 114 cm³/mol. The molecule has 0 fully saturated rings. The molecule has 3 rings (SSSR count). The molecule has 10 heteroatoms. The molecule has 0 spiro atoms. The van der Waals surface area contributed by atoms with Gasteiger partial charge in [0.25, 0.3) is 10.0 Å². The van der Waals surface area contributed by atoms with Crippen molar-refractivity contribution in [3.05, 3.63) is 58.4 Å². The van der Waals surface area contributed by atoms with E-state index in [1.165, 1.54) is 37.5 Å². The Balaban J connectivity index is 1.78. The molecule has 0 aliphatic carbocycles. The summed E-state index contributed by atoms with van der Waals surface area (Å²) in [7, 11) is -2.53. The molecular formula is C19H18ClN3O4S2. The molecule has 7 nitrogen and oxygen atoms in total. The number of hydrogen-bond acceptors (Lipinski definition) is 6. The number of methoxy groups -OCH3 is 1. The number of carbonyl (C=O) groups is 1. The zero-order valence-corrected chi connectivity index (χ0v) is 18.0. The summed E-state index contributed by atoms with van der Waals surface area (Å²) in [4.78, 5) is 15.3. The van der Waals surface area contributed by atoms with Gasteiger partial charge in [0, 0.05) is 29.4 Å². The summed E-state index contributed by atoms with van der Waals surface area (Å²) in [5, 5.41) is 5.00. The van der Waals surface area contributed by atoms with Crippen molar-refractivity contribution in [2.75, 3.05) is 11.8 Å². The number of sulfonamides is 1. The standard InChI is InChI=1S/C19H18ClN3O4S2/c1-12(24)21-10-13-3-5-14(6-4-13)16-11-28-19(22-16)23-29(25,26)18-9-15(20)7-8-17(18)27-2/h3-9,11H,10H2,1-2H3,(H,21,24)(H,22,23). The lowest BCUT2D eigenvalue weighted by molar-refractivity contribution is -0.119. The van der Waals surface area contributed by atoms with E-state index in [1.54, 1.807) is 11.4 Å². The van der Waals surface area contributed by atoms with E-state index in [4.69, 9.17) is 16.3 Å². The molecular weight excluding hydrogens is 434 g/mol. The van der Waals surface area contributed by atoms with Crippen molar-refractivity contribution in [2.24, 2.45) is 0 Å². The summed E-state index contributed by atoms with van der Waals surface area (Å²) in [6.45, 7) is 1.91. The Hall–Kier alpha value is -2.62. The van der Waals surface area contributed by atoms with Crippen molar-refractivity contribution in [3.8, 4) is 17.0 Å². The van der Waals surface area contributed by atoms with Crippen molar-refractivity contribution in [2.45, 2.75) is 18.4 Å². The smallest absolute Gasteiger partial charge is 0.267 e. The van der Waals surface area contributed by atoms with Gasteiger partial charge in [-0.05, 0) is 23.8 Å². The maximum absolute atomic E-state index is 12.7. The van der Waals surface area contributed by atoms with Crippen molar-refractivity contribution < 1.29 is 17.9 Å². The number of anilines is 1. The minimum absolute atomic E-state index is 0.0634. The first kappa shape index (κ1) is 21.1. The SMILES string of the molecule is COc1ccc(Cl)cc1S(=O)(=O)Nc1nc(-c2ccc(CNC(C)=O)cc2)cs1. The highest BCUT2D eigenvalue weighted by atomic mass is 35.5. The van der Waals surface area contributed by atoms with Crippen LogP contribution in [0.5, 0.6) is 5.75 Å². The van der Waals surface area contributed by atoms with Crippen molar-refractivity contribution >= 4 is 44.0 Å². The van der Waals surface area contributed by atoms with Crippen LogP contribution in [0.15, 0.2) is 52.7 Å². The molecule has 2 aromatic carbocycles. The van der Waals surface area contributed by atoms with Crippen LogP contribution in [-0.4, -0.2) is 26.4 Å². The van der Waals surface area contributed by atoms with Crippen molar-refractivity contribution in [3.63, 3.8) is 0 Å². The summed E-state index contributed by atoms with van der Waals surface area (Å²) in [5.74, 6) is 0.0928. The van der Waals surface area contributed by atoms with Crippen LogP contribution in [0.3, 0.4) is 0 Å². The molecule has 0 saturated carbocycles. The number of hydrogen-bond donors (Lipinski definition) is 2. The average Bonchev–Trinajstić information content (AvgIpc) is 3.14. The fraction of sp³-hybridized carbons (Fsp3) is 0.158. The molecule has 29 heavy (non-hydrogen) atoms. The van der Waals surface area contributed by atoms with E-state index in [1.807, 2.05) is 24.3 Å². The topological polar surface area (TPSA) is 97.4 Å². The van der Waals surface area contributed by atoms with Gasteiger partial charge >= 0.3 is 0 Å². The molecule has 0 aliphatic heterocycles. The normalized spacial score (nSPS) is 11.1. The third-order valence-corrected chi connectivity index (χ3v) is 6.41. The summed E-state index contributed by atoms with van der Waals surface area (Å²) >= 11 is 7.11. The first-order valence-electron chi connectivity index (χ1n) is 8.44. The molecule has 1 amide bonds. The number of amides is 1. The van der Waals surface area contributed by atoms with Crippen LogP contribution < -0.4 is 14.8 Å². The van der Waals surface area contributed by atoms with Crippen LogP contribution >= 0.6 is 22.9 Å². The molecule has 0 atom stereocenters. The largest absolute Gasteiger partial charge is 0.495 e. The molecule has 152 valence electrons. The number of nitrogens with one attached hydrogen (secondary N) is 2. The van der Waals surface area contributed by atoms with Gasteiger partial charge in [0.05, 0.1) is 12.8 Å². The van der Waals surface area contributed by atoms with Gasteiger partial charge in [-0.15, -0.1) is 11.3 Å². The molecule has 3 aromatic rings. The number of aromatic nitrogens is 1. The first-order chi connectivity index (χ1) is 13.8. The Morgan fingerprint density at radius 3 is 2.59 bits per heavy atom. The zero-order chi connectivity index (χ0) is 21.0. The van der Waals surface area contributed by atoms with E-state index in [9.17, 15) is 13.2 Å². The van der Waals surface area contributed by atoms with Crippen LogP contribution in [0.2, 0.25) is 5.02 Å². The lowest BCUT2D eigenvalue weighted by atomic mass is 10.1. The van der Waals surface area contributed by atoms with Crippen LogP contribution in [0.25, 0.3) is 11.3 Å². The van der Waals surface area contributed by atoms with Gasteiger partial charge in [0.15, 0.2) is 5.13 Å². The van der Waals surface area contributed by atoms with Gasteiger partial charge < -0.3 is 10.1 Å².